The number of hydrogen-bond donors (Lipinski definition) is 0. The molecule has 4 nitrogen and oxygen atoms in total. The van der Waals surface area contributed by atoms with E-state index in [4.69, 9.17) is 9.15 Å². The van der Waals surface area contributed by atoms with Crippen molar-refractivity contribution in [3.05, 3.63) is 76.6 Å². The van der Waals surface area contributed by atoms with Crippen molar-refractivity contribution >= 4 is 21.7 Å². The minimum atomic E-state index is -0.618. The second-order valence-corrected chi connectivity index (χ2v) is 7.35. The molecule has 0 saturated heterocycles. The van der Waals surface area contributed by atoms with Crippen LogP contribution in [0, 0.1) is 11.3 Å². The standard InChI is InChI=1S/C26H23NO3/c1-2-3-4-7-16-29-20-13-10-19(11-14-20)24-22-15-12-18-8-5-6-9-21(18)25(22)30-26(28)23(24)17-27/h5-6,8-15H,2-4,7,16H2,1H3. The maximum absolute atomic E-state index is 12.6. The largest absolute Gasteiger partial charge is 0.494 e. The molecule has 0 aliphatic heterocycles. The molecule has 150 valence electrons. The molecule has 0 spiro atoms. The summed E-state index contributed by atoms with van der Waals surface area (Å²) in [5, 5.41) is 12.2. The van der Waals surface area contributed by atoms with Gasteiger partial charge in [0, 0.05) is 16.3 Å². The summed E-state index contributed by atoms with van der Waals surface area (Å²) in [4.78, 5) is 12.6. The van der Waals surface area contributed by atoms with E-state index in [0.29, 0.717) is 17.8 Å². The van der Waals surface area contributed by atoms with E-state index >= 15 is 0 Å². The summed E-state index contributed by atoms with van der Waals surface area (Å²) in [6.07, 6.45) is 4.62. The van der Waals surface area contributed by atoms with Crippen LogP contribution in [-0.4, -0.2) is 6.61 Å². The lowest BCUT2D eigenvalue weighted by molar-refractivity contribution is 0.305. The summed E-state index contributed by atoms with van der Waals surface area (Å²) in [7, 11) is 0. The second-order valence-electron chi connectivity index (χ2n) is 7.35. The van der Waals surface area contributed by atoms with Gasteiger partial charge in [-0.25, -0.2) is 4.79 Å². The van der Waals surface area contributed by atoms with Crippen molar-refractivity contribution in [1.29, 1.82) is 5.26 Å². The molecule has 1 heterocycles. The Hall–Kier alpha value is -3.58. The number of ether oxygens (including phenoxy) is 1. The van der Waals surface area contributed by atoms with Crippen LogP contribution in [0.3, 0.4) is 0 Å². The lowest BCUT2D eigenvalue weighted by Gasteiger charge is -2.11. The first-order chi connectivity index (χ1) is 14.7. The maximum atomic E-state index is 12.6. The van der Waals surface area contributed by atoms with Crippen LogP contribution in [0.2, 0.25) is 0 Å². The number of nitriles is 1. The molecular weight excluding hydrogens is 374 g/mol. The van der Waals surface area contributed by atoms with E-state index in [1.54, 1.807) is 0 Å². The van der Waals surface area contributed by atoms with Gasteiger partial charge in [0.05, 0.1) is 6.61 Å². The van der Waals surface area contributed by atoms with E-state index in [2.05, 4.69) is 6.92 Å². The van der Waals surface area contributed by atoms with E-state index in [-0.39, 0.29) is 5.56 Å². The molecule has 0 fully saturated rings. The Balaban J connectivity index is 1.75. The van der Waals surface area contributed by atoms with Crippen molar-refractivity contribution in [3.63, 3.8) is 0 Å². The number of hydrogen-bond acceptors (Lipinski definition) is 4. The maximum Gasteiger partial charge on any atom is 0.354 e. The molecule has 0 amide bonds. The number of benzene rings is 3. The van der Waals surface area contributed by atoms with E-state index < -0.39 is 5.63 Å². The summed E-state index contributed by atoms with van der Waals surface area (Å²) < 4.78 is 11.4. The molecule has 0 bridgehead atoms. The average Bonchev–Trinajstić information content (AvgIpc) is 2.78. The lowest BCUT2D eigenvalue weighted by atomic mass is 9.95. The van der Waals surface area contributed by atoms with Crippen molar-refractivity contribution in [2.45, 2.75) is 32.6 Å². The molecule has 0 atom stereocenters. The number of nitrogens with zero attached hydrogens (tertiary/aromatic N) is 1. The first-order valence-electron chi connectivity index (χ1n) is 10.3. The summed E-state index contributed by atoms with van der Waals surface area (Å²) in [6, 6.07) is 21.2. The van der Waals surface area contributed by atoms with Crippen molar-refractivity contribution in [1.82, 2.24) is 0 Å². The van der Waals surface area contributed by atoms with Gasteiger partial charge in [0.2, 0.25) is 0 Å². The van der Waals surface area contributed by atoms with Gasteiger partial charge in [-0.15, -0.1) is 0 Å². The van der Waals surface area contributed by atoms with Gasteiger partial charge in [0.25, 0.3) is 0 Å². The van der Waals surface area contributed by atoms with Crippen molar-refractivity contribution in [2.75, 3.05) is 6.61 Å². The molecule has 0 aliphatic rings. The van der Waals surface area contributed by atoms with Gasteiger partial charge >= 0.3 is 5.63 Å². The highest BCUT2D eigenvalue weighted by atomic mass is 16.5. The molecule has 4 heteroatoms. The van der Waals surface area contributed by atoms with Crippen molar-refractivity contribution in [3.8, 4) is 22.9 Å². The second kappa shape index (κ2) is 8.84. The van der Waals surface area contributed by atoms with Crippen LogP contribution in [0.15, 0.2) is 69.9 Å². The normalized spacial score (nSPS) is 10.9. The van der Waals surface area contributed by atoms with E-state index in [1.165, 1.54) is 19.3 Å². The SMILES string of the molecule is CCCCCCOc1ccc(-c2c(C#N)c(=O)oc3c2ccc2ccccc23)cc1. The van der Waals surface area contributed by atoms with Gasteiger partial charge in [0.15, 0.2) is 0 Å². The van der Waals surface area contributed by atoms with Crippen LogP contribution in [0.1, 0.15) is 38.2 Å². The molecule has 1 aromatic heterocycles. The zero-order chi connectivity index (χ0) is 20.9. The Bertz CT molecular complexity index is 1280. The third-order valence-corrected chi connectivity index (χ3v) is 5.32. The van der Waals surface area contributed by atoms with Crippen molar-refractivity contribution < 1.29 is 9.15 Å². The van der Waals surface area contributed by atoms with Gasteiger partial charge in [0.1, 0.15) is 23.0 Å². The molecule has 0 unspecified atom stereocenters. The molecule has 4 rings (SSSR count). The van der Waals surface area contributed by atoms with Gasteiger partial charge in [-0.3, -0.25) is 0 Å². The fraction of sp³-hybridized carbons (Fsp3) is 0.231. The van der Waals surface area contributed by atoms with E-state index in [0.717, 1.165) is 33.9 Å². The molecule has 3 aromatic carbocycles. The average molecular weight is 397 g/mol. The first kappa shape index (κ1) is 19.7. The number of unbranched alkanes of at least 4 members (excludes halogenated alkanes) is 3. The quantitative estimate of drug-likeness (QED) is 0.204. The Kier molecular flexibility index (Phi) is 5.81. The monoisotopic (exact) mass is 397 g/mol. The smallest absolute Gasteiger partial charge is 0.354 e. The minimum Gasteiger partial charge on any atom is -0.494 e. The highest BCUT2D eigenvalue weighted by Gasteiger charge is 2.17. The van der Waals surface area contributed by atoms with E-state index in [1.807, 2.05) is 66.7 Å². The molecule has 0 radical (unpaired) electrons. The molecule has 0 aliphatic carbocycles. The van der Waals surface area contributed by atoms with Gasteiger partial charge in [-0.1, -0.05) is 68.7 Å². The summed E-state index contributed by atoms with van der Waals surface area (Å²) >= 11 is 0. The predicted octanol–water partition coefficient (Wildman–Crippen LogP) is 6.44. The van der Waals surface area contributed by atoms with Gasteiger partial charge in [-0.2, -0.15) is 5.26 Å². The molecule has 30 heavy (non-hydrogen) atoms. The summed E-state index contributed by atoms with van der Waals surface area (Å²) in [5.74, 6) is 0.784. The topological polar surface area (TPSA) is 63.2 Å². The van der Waals surface area contributed by atoms with E-state index in [9.17, 15) is 10.1 Å². The predicted molar refractivity (Wildman–Crippen MR) is 120 cm³/mol. The van der Waals surface area contributed by atoms with Crippen LogP contribution in [0.4, 0.5) is 0 Å². The zero-order valence-corrected chi connectivity index (χ0v) is 17.0. The van der Waals surface area contributed by atoms with Crippen molar-refractivity contribution in [2.24, 2.45) is 0 Å². The van der Waals surface area contributed by atoms with Crippen LogP contribution in [0.5, 0.6) is 5.75 Å². The molecule has 0 N–H and O–H groups in total. The third-order valence-electron chi connectivity index (χ3n) is 5.32. The Morgan fingerprint density at radius 2 is 1.73 bits per heavy atom. The van der Waals surface area contributed by atoms with Crippen LogP contribution < -0.4 is 10.4 Å². The number of rotatable bonds is 7. The van der Waals surface area contributed by atoms with Crippen LogP contribution >= 0.6 is 0 Å². The Morgan fingerprint density at radius 3 is 2.50 bits per heavy atom. The highest BCUT2D eigenvalue weighted by Crippen LogP contribution is 2.34. The Labute approximate surface area is 175 Å². The summed E-state index contributed by atoms with van der Waals surface area (Å²) in [5.41, 5.74) is 1.30. The minimum absolute atomic E-state index is 0.0195. The third kappa shape index (κ3) is 3.79. The Morgan fingerprint density at radius 1 is 0.933 bits per heavy atom. The number of fused-ring (bicyclic) bond motifs is 3. The molecule has 0 saturated carbocycles. The van der Waals surface area contributed by atoms with Crippen LogP contribution in [0.25, 0.3) is 32.9 Å². The van der Waals surface area contributed by atoms with Crippen LogP contribution in [-0.2, 0) is 0 Å². The summed E-state index contributed by atoms with van der Waals surface area (Å²) in [6.45, 7) is 2.87. The van der Waals surface area contributed by atoms with Gasteiger partial charge in [-0.05, 0) is 35.6 Å². The fourth-order valence-corrected chi connectivity index (χ4v) is 3.77. The molecule has 4 aromatic rings. The lowest BCUT2D eigenvalue weighted by Crippen LogP contribution is -2.07. The highest BCUT2D eigenvalue weighted by molar-refractivity contribution is 6.09. The zero-order valence-electron chi connectivity index (χ0n) is 17.0. The molecular formula is C26H23NO3. The van der Waals surface area contributed by atoms with Gasteiger partial charge < -0.3 is 9.15 Å². The fourth-order valence-electron chi connectivity index (χ4n) is 3.77. The first-order valence-corrected chi connectivity index (χ1v) is 10.3.